The summed E-state index contributed by atoms with van der Waals surface area (Å²) in [5.41, 5.74) is 0.409. The van der Waals surface area contributed by atoms with Gasteiger partial charge < -0.3 is 5.32 Å². The minimum Gasteiger partial charge on any atom is -0.350 e. The van der Waals surface area contributed by atoms with Crippen molar-refractivity contribution in [2.24, 2.45) is 0 Å². The number of hydrogen-bond donors (Lipinski definition) is 1. The van der Waals surface area contributed by atoms with Crippen LogP contribution in [0.1, 0.15) is 4.88 Å². The Kier molecular flexibility index (Phi) is 4.45. The maximum absolute atomic E-state index is 12.0. The molecule has 0 radical (unpaired) electrons. The molecule has 0 fully saturated rings. The number of rotatable bonds is 5. The first kappa shape index (κ1) is 14.7. The molecule has 3 rings (SSSR count). The predicted octanol–water partition coefficient (Wildman–Crippen LogP) is 2.35. The molecule has 7 heteroatoms. The maximum atomic E-state index is 12.0. The van der Waals surface area contributed by atoms with Crippen molar-refractivity contribution in [3.05, 3.63) is 62.4 Å². The fraction of sp³-hybridized carbons (Fsp3) is 0.133. The quantitative estimate of drug-likeness (QED) is 0.780. The summed E-state index contributed by atoms with van der Waals surface area (Å²) >= 11 is 3.12. The number of thiophene rings is 2. The summed E-state index contributed by atoms with van der Waals surface area (Å²) in [4.78, 5) is 25.8. The van der Waals surface area contributed by atoms with E-state index in [0.717, 1.165) is 9.75 Å². The number of amides is 1. The van der Waals surface area contributed by atoms with E-state index in [1.54, 1.807) is 28.7 Å². The van der Waals surface area contributed by atoms with Gasteiger partial charge in [-0.15, -0.1) is 22.7 Å². The van der Waals surface area contributed by atoms with Gasteiger partial charge in [0.1, 0.15) is 12.2 Å². The van der Waals surface area contributed by atoms with Gasteiger partial charge in [-0.1, -0.05) is 12.1 Å². The lowest BCUT2D eigenvalue weighted by atomic mass is 10.3. The third kappa shape index (κ3) is 3.49. The fourth-order valence-electron chi connectivity index (χ4n) is 1.91. The highest BCUT2D eigenvalue weighted by Gasteiger charge is 2.08. The summed E-state index contributed by atoms with van der Waals surface area (Å²) in [5.74, 6) is -0.230. The van der Waals surface area contributed by atoms with Crippen LogP contribution in [-0.4, -0.2) is 15.7 Å². The fourth-order valence-corrected chi connectivity index (χ4v) is 3.24. The van der Waals surface area contributed by atoms with E-state index in [4.69, 9.17) is 0 Å². The molecule has 3 aromatic heterocycles. The zero-order valence-corrected chi connectivity index (χ0v) is 13.2. The number of carbonyl (C=O) groups excluding carboxylic acids is 1. The van der Waals surface area contributed by atoms with Gasteiger partial charge in [-0.3, -0.25) is 9.59 Å². The van der Waals surface area contributed by atoms with Crippen molar-refractivity contribution in [2.75, 3.05) is 0 Å². The van der Waals surface area contributed by atoms with Gasteiger partial charge in [0.05, 0.1) is 11.4 Å². The number of aromatic nitrogens is 2. The van der Waals surface area contributed by atoms with Crippen molar-refractivity contribution in [1.29, 1.82) is 0 Å². The van der Waals surface area contributed by atoms with Crippen molar-refractivity contribution in [3.8, 4) is 10.6 Å². The monoisotopic (exact) mass is 331 g/mol. The van der Waals surface area contributed by atoms with E-state index in [1.807, 2.05) is 35.0 Å². The Morgan fingerprint density at radius 1 is 1.14 bits per heavy atom. The van der Waals surface area contributed by atoms with Gasteiger partial charge in [0, 0.05) is 10.9 Å². The highest BCUT2D eigenvalue weighted by molar-refractivity contribution is 7.13. The molecule has 0 aliphatic carbocycles. The Hall–Kier alpha value is -2.25. The molecule has 5 nitrogen and oxygen atoms in total. The van der Waals surface area contributed by atoms with E-state index in [1.165, 1.54) is 10.7 Å². The third-order valence-electron chi connectivity index (χ3n) is 2.97. The van der Waals surface area contributed by atoms with Crippen LogP contribution in [0.3, 0.4) is 0 Å². The molecule has 112 valence electrons. The Labute approximate surface area is 134 Å². The van der Waals surface area contributed by atoms with Crippen molar-refractivity contribution in [3.63, 3.8) is 0 Å². The second-order valence-electron chi connectivity index (χ2n) is 4.55. The van der Waals surface area contributed by atoms with Crippen molar-refractivity contribution < 1.29 is 4.79 Å². The Morgan fingerprint density at radius 3 is 2.68 bits per heavy atom. The van der Waals surface area contributed by atoms with E-state index in [9.17, 15) is 9.59 Å². The van der Waals surface area contributed by atoms with Crippen LogP contribution >= 0.6 is 22.7 Å². The molecule has 0 bridgehead atoms. The normalized spacial score (nSPS) is 10.5. The highest BCUT2D eigenvalue weighted by Crippen LogP contribution is 2.20. The SMILES string of the molecule is O=C(Cn1nc(-c2cccs2)ccc1=O)NCc1cccs1. The van der Waals surface area contributed by atoms with Crippen LogP contribution < -0.4 is 10.9 Å². The average molecular weight is 331 g/mol. The van der Waals surface area contributed by atoms with Gasteiger partial charge in [0.15, 0.2) is 0 Å². The first-order chi connectivity index (χ1) is 10.7. The Balaban J connectivity index is 1.70. The molecule has 0 spiro atoms. The molecular weight excluding hydrogens is 318 g/mol. The molecular formula is C15H13N3O2S2. The minimum atomic E-state index is -0.286. The van der Waals surface area contributed by atoms with E-state index in [2.05, 4.69) is 10.4 Å². The zero-order chi connectivity index (χ0) is 15.4. The van der Waals surface area contributed by atoms with Crippen molar-refractivity contribution >= 4 is 28.6 Å². The second kappa shape index (κ2) is 6.67. The summed E-state index contributed by atoms with van der Waals surface area (Å²) in [6.07, 6.45) is 0. The number of nitrogens with zero attached hydrogens (tertiary/aromatic N) is 2. The van der Waals surface area contributed by atoms with Gasteiger partial charge in [-0.05, 0) is 29.0 Å². The molecule has 1 amide bonds. The summed E-state index contributed by atoms with van der Waals surface area (Å²) in [5, 5.41) is 10.9. The molecule has 1 N–H and O–H groups in total. The minimum absolute atomic E-state index is 0.0799. The van der Waals surface area contributed by atoms with E-state index < -0.39 is 0 Å². The third-order valence-corrected chi connectivity index (χ3v) is 4.74. The zero-order valence-electron chi connectivity index (χ0n) is 11.6. The molecule has 0 saturated carbocycles. The molecule has 0 aliphatic rings. The predicted molar refractivity (Wildman–Crippen MR) is 88.0 cm³/mol. The van der Waals surface area contributed by atoms with Crippen LogP contribution in [0, 0.1) is 0 Å². The first-order valence-electron chi connectivity index (χ1n) is 6.63. The van der Waals surface area contributed by atoms with Gasteiger partial charge in [-0.2, -0.15) is 5.10 Å². The van der Waals surface area contributed by atoms with E-state index in [-0.39, 0.29) is 18.0 Å². The average Bonchev–Trinajstić information content (AvgIpc) is 3.21. The molecule has 22 heavy (non-hydrogen) atoms. The molecule has 0 saturated heterocycles. The van der Waals surface area contributed by atoms with Crippen LogP contribution in [-0.2, 0) is 17.9 Å². The van der Waals surface area contributed by atoms with Gasteiger partial charge >= 0.3 is 0 Å². The molecule has 0 atom stereocenters. The lowest BCUT2D eigenvalue weighted by Gasteiger charge is -2.07. The lowest BCUT2D eigenvalue weighted by Crippen LogP contribution is -2.33. The standard InChI is InChI=1S/C15H13N3O2S2/c19-14(16-9-11-3-1-7-21-11)10-18-15(20)6-5-12(17-18)13-4-2-8-22-13/h1-8H,9-10H2,(H,16,19). The van der Waals surface area contributed by atoms with Crippen LogP contribution in [0.25, 0.3) is 10.6 Å². The maximum Gasteiger partial charge on any atom is 0.267 e. The van der Waals surface area contributed by atoms with Crippen molar-refractivity contribution in [2.45, 2.75) is 13.1 Å². The second-order valence-corrected chi connectivity index (χ2v) is 6.53. The molecule has 0 aromatic carbocycles. The first-order valence-corrected chi connectivity index (χ1v) is 8.39. The molecule has 3 aromatic rings. The topological polar surface area (TPSA) is 64.0 Å². The summed E-state index contributed by atoms with van der Waals surface area (Å²) in [6, 6.07) is 10.8. The largest absolute Gasteiger partial charge is 0.350 e. The highest BCUT2D eigenvalue weighted by atomic mass is 32.1. The summed E-state index contributed by atoms with van der Waals surface area (Å²) < 4.78 is 1.19. The number of hydrogen-bond acceptors (Lipinski definition) is 5. The molecule has 0 unspecified atom stereocenters. The van der Waals surface area contributed by atoms with Crippen molar-refractivity contribution in [1.82, 2.24) is 15.1 Å². The van der Waals surface area contributed by atoms with E-state index >= 15 is 0 Å². The van der Waals surface area contributed by atoms with Crippen LogP contribution in [0.2, 0.25) is 0 Å². The molecule has 0 aliphatic heterocycles. The van der Waals surface area contributed by atoms with Gasteiger partial charge in [0.25, 0.3) is 5.56 Å². The van der Waals surface area contributed by atoms with Gasteiger partial charge in [0.2, 0.25) is 5.91 Å². The van der Waals surface area contributed by atoms with Crippen LogP contribution in [0.4, 0.5) is 0 Å². The lowest BCUT2D eigenvalue weighted by molar-refractivity contribution is -0.122. The summed E-state index contributed by atoms with van der Waals surface area (Å²) in [7, 11) is 0. The van der Waals surface area contributed by atoms with E-state index in [0.29, 0.717) is 12.2 Å². The summed E-state index contributed by atoms with van der Waals surface area (Å²) in [6.45, 7) is 0.388. The number of carbonyl (C=O) groups is 1. The molecule has 3 heterocycles. The van der Waals surface area contributed by atoms with Crippen LogP contribution in [0.5, 0.6) is 0 Å². The van der Waals surface area contributed by atoms with Crippen LogP contribution in [0.15, 0.2) is 52.0 Å². The Bertz CT molecular complexity index is 808. The Morgan fingerprint density at radius 2 is 1.95 bits per heavy atom. The van der Waals surface area contributed by atoms with Gasteiger partial charge in [-0.25, -0.2) is 4.68 Å². The number of nitrogens with one attached hydrogen (secondary N) is 1. The smallest absolute Gasteiger partial charge is 0.267 e.